The van der Waals surface area contributed by atoms with Gasteiger partial charge >= 0.3 is 0 Å². The second-order valence-electron chi connectivity index (χ2n) is 12.8. The zero-order valence-electron chi connectivity index (χ0n) is 27.5. The molecule has 0 aliphatic carbocycles. The summed E-state index contributed by atoms with van der Waals surface area (Å²) in [5.74, 6) is 0.717. The lowest BCUT2D eigenvalue weighted by Gasteiger charge is -2.11. The minimum atomic E-state index is 0.717. The monoisotopic (exact) mass is 667 g/mol. The van der Waals surface area contributed by atoms with Crippen LogP contribution in [0, 0.1) is 0 Å². The fourth-order valence-corrected chi connectivity index (χ4v) is 8.39. The van der Waals surface area contributed by atoms with E-state index in [0.717, 1.165) is 61.8 Å². The van der Waals surface area contributed by atoms with Gasteiger partial charge in [0.15, 0.2) is 5.82 Å². The molecule has 7 aromatic carbocycles. The maximum Gasteiger partial charge on any atom is 0.160 e. The van der Waals surface area contributed by atoms with Crippen molar-refractivity contribution in [3.05, 3.63) is 176 Å². The first-order valence-electron chi connectivity index (χ1n) is 17.1. The highest BCUT2D eigenvalue weighted by atomic mass is 32.1. The quantitative estimate of drug-likeness (QED) is 0.171. The van der Waals surface area contributed by atoms with E-state index in [0.29, 0.717) is 0 Å². The average molecular weight is 668 g/mol. The van der Waals surface area contributed by atoms with Crippen molar-refractivity contribution in [2.45, 2.75) is 0 Å². The Morgan fingerprint density at radius 1 is 0.373 bits per heavy atom. The molecule has 10 rings (SSSR count). The largest absolute Gasteiger partial charge is 0.246 e. The van der Waals surface area contributed by atoms with Crippen LogP contribution in [0.2, 0.25) is 0 Å². The molecule has 0 radical (unpaired) electrons. The van der Waals surface area contributed by atoms with Crippen LogP contribution in [-0.4, -0.2) is 15.0 Å². The second kappa shape index (κ2) is 12.1. The van der Waals surface area contributed by atoms with Gasteiger partial charge < -0.3 is 0 Å². The van der Waals surface area contributed by atoms with Crippen molar-refractivity contribution < 1.29 is 0 Å². The first-order chi connectivity index (χ1) is 25.3. The highest BCUT2D eigenvalue weighted by molar-refractivity contribution is 7.26. The Labute approximate surface area is 299 Å². The Balaban J connectivity index is 1.03. The Bertz CT molecular complexity index is 2820. The number of aromatic nitrogens is 3. The van der Waals surface area contributed by atoms with Crippen molar-refractivity contribution in [1.82, 2.24) is 15.0 Å². The van der Waals surface area contributed by atoms with E-state index in [2.05, 4.69) is 140 Å². The fraction of sp³-hybridized carbons (Fsp3) is 0. The number of fused-ring (bicyclic) bond motifs is 7. The predicted molar refractivity (Wildman–Crippen MR) is 215 cm³/mol. The highest BCUT2D eigenvalue weighted by Crippen LogP contribution is 2.44. The normalized spacial score (nSPS) is 11.5. The van der Waals surface area contributed by atoms with Crippen molar-refractivity contribution >= 4 is 53.2 Å². The van der Waals surface area contributed by atoms with Gasteiger partial charge in [-0.1, -0.05) is 158 Å². The predicted octanol–water partition coefficient (Wildman–Crippen LogP) is 12.9. The number of hydrogen-bond donors (Lipinski definition) is 0. The zero-order chi connectivity index (χ0) is 33.7. The summed E-state index contributed by atoms with van der Waals surface area (Å²) >= 11 is 1.83. The van der Waals surface area contributed by atoms with E-state index >= 15 is 0 Å². The minimum Gasteiger partial charge on any atom is -0.246 e. The van der Waals surface area contributed by atoms with Gasteiger partial charge in [0, 0.05) is 43.1 Å². The molecule has 3 heterocycles. The third-order valence-electron chi connectivity index (χ3n) is 9.70. The number of nitrogens with zero attached hydrogens (tertiary/aromatic N) is 3. The Morgan fingerprint density at radius 3 is 1.63 bits per heavy atom. The minimum absolute atomic E-state index is 0.717. The van der Waals surface area contributed by atoms with Crippen LogP contribution in [-0.2, 0) is 0 Å². The van der Waals surface area contributed by atoms with E-state index in [1.165, 1.54) is 36.3 Å². The Kier molecular flexibility index (Phi) is 7.00. The van der Waals surface area contributed by atoms with Crippen molar-refractivity contribution in [3.63, 3.8) is 0 Å². The van der Waals surface area contributed by atoms with Gasteiger partial charge in [0.25, 0.3) is 0 Å². The number of thiophene rings is 1. The van der Waals surface area contributed by atoms with Gasteiger partial charge in [0.05, 0.1) is 27.3 Å². The van der Waals surface area contributed by atoms with Gasteiger partial charge in [-0.05, 0) is 40.1 Å². The summed E-state index contributed by atoms with van der Waals surface area (Å²) in [6.45, 7) is 0. The summed E-state index contributed by atoms with van der Waals surface area (Å²) in [5, 5.41) is 6.30. The zero-order valence-corrected chi connectivity index (χ0v) is 28.3. The van der Waals surface area contributed by atoms with E-state index in [4.69, 9.17) is 15.0 Å². The van der Waals surface area contributed by atoms with Gasteiger partial charge in [-0.25, -0.2) is 15.0 Å². The summed E-state index contributed by atoms with van der Waals surface area (Å²) in [4.78, 5) is 15.3. The number of pyridine rings is 1. The molecule has 10 aromatic rings. The number of rotatable bonds is 5. The third kappa shape index (κ3) is 5.16. The van der Waals surface area contributed by atoms with Crippen LogP contribution in [0.3, 0.4) is 0 Å². The molecule has 0 spiro atoms. The van der Waals surface area contributed by atoms with Crippen LogP contribution < -0.4 is 0 Å². The molecule has 0 saturated carbocycles. The standard InChI is InChI=1S/C47H29N3S/c1-3-12-33(13-4-1)40-29-41(50-47(49-40)36-14-5-2-6-15-36)34-23-19-30(20-24-34)31-21-25-35(26-22-31)45-46-44(38-17-9-10-18-42(38)51-46)43-37-16-8-7-11-32(37)27-28-39(43)48-45/h1-29H. The molecule has 0 aliphatic heterocycles. The molecule has 51 heavy (non-hydrogen) atoms. The van der Waals surface area contributed by atoms with Crippen LogP contribution in [0.4, 0.5) is 0 Å². The van der Waals surface area contributed by atoms with Crippen LogP contribution in [0.25, 0.3) is 98.1 Å². The molecule has 238 valence electrons. The lowest BCUT2D eigenvalue weighted by molar-refractivity contribution is 1.18. The summed E-state index contributed by atoms with van der Waals surface area (Å²) in [6, 6.07) is 61.8. The topological polar surface area (TPSA) is 38.7 Å². The molecule has 4 heteroatoms. The van der Waals surface area contributed by atoms with Gasteiger partial charge in [-0.2, -0.15) is 0 Å². The second-order valence-corrected chi connectivity index (χ2v) is 13.8. The first kappa shape index (κ1) is 29.4. The highest BCUT2D eigenvalue weighted by Gasteiger charge is 2.18. The van der Waals surface area contributed by atoms with Crippen LogP contribution in [0.1, 0.15) is 0 Å². The molecular weight excluding hydrogens is 639 g/mol. The van der Waals surface area contributed by atoms with Crippen molar-refractivity contribution in [3.8, 4) is 56.3 Å². The molecule has 3 nitrogen and oxygen atoms in total. The summed E-state index contributed by atoms with van der Waals surface area (Å²) in [6.07, 6.45) is 0. The maximum absolute atomic E-state index is 5.32. The fourth-order valence-electron chi connectivity index (χ4n) is 7.17. The molecule has 0 saturated heterocycles. The molecule has 0 unspecified atom stereocenters. The van der Waals surface area contributed by atoms with Gasteiger partial charge in [0.2, 0.25) is 0 Å². The van der Waals surface area contributed by atoms with E-state index < -0.39 is 0 Å². The SMILES string of the molecule is c1ccc(-c2cc(-c3ccc(-c4ccc(-c5nc6ccc7ccccc7c6c6c5sc5ccccc56)cc4)cc3)nc(-c3ccccc3)n2)cc1. The van der Waals surface area contributed by atoms with E-state index in [-0.39, 0.29) is 0 Å². The molecule has 0 N–H and O–H groups in total. The third-order valence-corrected chi connectivity index (χ3v) is 10.9. The van der Waals surface area contributed by atoms with E-state index in [9.17, 15) is 0 Å². The maximum atomic E-state index is 5.32. The van der Waals surface area contributed by atoms with Crippen LogP contribution >= 0.6 is 11.3 Å². The van der Waals surface area contributed by atoms with Crippen molar-refractivity contribution in [2.24, 2.45) is 0 Å². The van der Waals surface area contributed by atoms with Gasteiger partial charge in [-0.15, -0.1) is 11.3 Å². The molecule has 0 aliphatic rings. The van der Waals surface area contributed by atoms with Crippen LogP contribution in [0.15, 0.2) is 176 Å². The lowest BCUT2D eigenvalue weighted by Crippen LogP contribution is -1.95. The van der Waals surface area contributed by atoms with Crippen LogP contribution in [0.5, 0.6) is 0 Å². The smallest absolute Gasteiger partial charge is 0.160 e. The lowest BCUT2D eigenvalue weighted by atomic mass is 9.97. The first-order valence-corrected chi connectivity index (χ1v) is 17.9. The summed E-state index contributed by atoms with van der Waals surface area (Å²) in [5.41, 5.74) is 10.4. The Hall–Kier alpha value is -6.49. The van der Waals surface area contributed by atoms with Gasteiger partial charge in [0.1, 0.15) is 0 Å². The van der Waals surface area contributed by atoms with E-state index in [1.54, 1.807) is 0 Å². The molecular formula is C47H29N3S. The summed E-state index contributed by atoms with van der Waals surface area (Å²) in [7, 11) is 0. The Morgan fingerprint density at radius 2 is 0.922 bits per heavy atom. The summed E-state index contributed by atoms with van der Waals surface area (Å²) < 4.78 is 2.51. The van der Waals surface area contributed by atoms with Crippen molar-refractivity contribution in [1.29, 1.82) is 0 Å². The number of hydrogen-bond acceptors (Lipinski definition) is 4. The number of benzene rings is 7. The molecule has 0 bridgehead atoms. The average Bonchev–Trinajstić information content (AvgIpc) is 3.61. The molecule has 3 aromatic heterocycles. The molecule has 0 atom stereocenters. The molecule has 0 amide bonds. The van der Waals surface area contributed by atoms with Gasteiger partial charge in [-0.3, -0.25) is 0 Å². The van der Waals surface area contributed by atoms with E-state index in [1.807, 2.05) is 47.7 Å². The molecule has 0 fully saturated rings. The van der Waals surface area contributed by atoms with Crippen molar-refractivity contribution in [2.75, 3.05) is 0 Å².